The third-order valence-electron chi connectivity index (χ3n) is 5.35. The van der Waals surface area contributed by atoms with Gasteiger partial charge in [0.05, 0.1) is 17.8 Å². The standard InChI is InChI=1S/C21H26N6O5/c1-2-30-11-3-6-22-20-19(27(28)29)21(24-14-23-20)26-9-7-25(8-10-26)13-16-4-5-17-18(12-16)32-15-31-17/h2,4-5,12,14H,1,3,6-11,13,15H2,(H,22,23,24). The quantitative estimate of drug-likeness (QED) is 0.254. The lowest BCUT2D eigenvalue weighted by atomic mass is 10.1. The largest absolute Gasteiger partial charge is 0.502 e. The molecule has 170 valence electrons. The van der Waals surface area contributed by atoms with Crippen LogP contribution in [0.25, 0.3) is 0 Å². The van der Waals surface area contributed by atoms with E-state index in [0.29, 0.717) is 38.5 Å². The van der Waals surface area contributed by atoms with E-state index in [0.717, 1.165) is 36.7 Å². The summed E-state index contributed by atoms with van der Waals surface area (Å²) in [6.07, 6.45) is 3.41. The Morgan fingerprint density at radius 1 is 1.22 bits per heavy atom. The van der Waals surface area contributed by atoms with E-state index in [4.69, 9.17) is 14.2 Å². The third-order valence-corrected chi connectivity index (χ3v) is 5.35. The number of rotatable bonds is 10. The van der Waals surface area contributed by atoms with E-state index >= 15 is 0 Å². The van der Waals surface area contributed by atoms with Crippen molar-refractivity contribution in [3.8, 4) is 11.5 Å². The van der Waals surface area contributed by atoms with Crippen molar-refractivity contribution < 1.29 is 19.1 Å². The Bertz CT molecular complexity index is 964. The lowest BCUT2D eigenvalue weighted by Gasteiger charge is -2.35. The summed E-state index contributed by atoms with van der Waals surface area (Å²) in [6.45, 7) is 8.28. The van der Waals surface area contributed by atoms with Gasteiger partial charge in [-0.15, -0.1) is 0 Å². The molecule has 11 heteroatoms. The summed E-state index contributed by atoms with van der Waals surface area (Å²) in [7, 11) is 0. The summed E-state index contributed by atoms with van der Waals surface area (Å²) >= 11 is 0. The maximum Gasteiger partial charge on any atom is 0.353 e. The first-order valence-corrected chi connectivity index (χ1v) is 10.5. The number of nitrogens with zero attached hydrogens (tertiary/aromatic N) is 5. The summed E-state index contributed by atoms with van der Waals surface area (Å²) < 4.78 is 15.9. The Morgan fingerprint density at radius 3 is 2.81 bits per heavy atom. The monoisotopic (exact) mass is 442 g/mol. The number of benzene rings is 1. The smallest absolute Gasteiger partial charge is 0.353 e. The SMILES string of the molecule is C=COCCCNc1ncnc(N2CCN(Cc3ccc4c(c3)OCO4)CC2)c1[N+](=O)[O-]. The molecule has 2 aliphatic heterocycles. The highest BCUT2D eigenvalue weighted by molar-refractivity contribution is 5.70. The van der Waals surface area contributed by atoms with Crippen molar-refractivity contribution in [1.29, 1.82) is 0 Å². The van der Waals surface area contributed by atoms with Crippen LogP contribution >= 0.6 is 0 Å². The van der Waals surface area contributed by atoms with Gasteiger partial charge in [-0.3, -0.25) is 15.0 Å². The number of piperazine rings is 1. The molecule has 1 aromatic carbocycles. The zero-order valence-corrected chi connectivity index (χ0v) is 17.7. The molecule has 4 rings (SSSR count). The first-order valence-electron chi connectivity index (χ1n) is 10.5. The number of anilines is 2. The molecule has 1 fully saturated rings. The predicted octanol–water partition coefficient (Wildman–Crippen LogP) is 2.40. The van der Waals surface area contributed by atoms with Crippen LogP contribution in [0.5, 0.6) is 11.5 Å². The minimum atomic E-state index is -0.420. The van der Waals surface area contributed by atoms with Crippen molar-refractivity contribution in [1.82, 2.24) is 14.9 Å². The minimum absolute atomic E-state index is 0.0960. The van der Waals surface area contributed by atoms with Gasteiger partial charge in [-0.2, -0.15) is 0 Å². The number of hydrogen-bond acceptors (Lipinski definition) is 10. The number of ether oxygens (including phenoxy) is 3. The lowest BCUT2D eigenvalue weighted by Crippen LogP contribution is -2.46. The average molecular weight is 442 g/mol. The summed E-state index contributed by atoms with van der Waals surface area (Å²) in [5.41, 5.74) is 1.05. The summed E-state index contributed by atoms with van der Waals surface area (Å²) in [6, 6.07) is 5.96. The van der Waals surface area contributed by atoms with E-state index in [1.54, 1.807) is 0 Å². The van der Waals surface area contributed by atoms with E-state index in [9.17, 15) is 10.1 Å². The fourth-order valence-corrected chi connectivity index (χ4v) is 3.76. The Hall–Kier alpha value is -3.60. The normalized spacial score (nSPS) is 15.4. The number of fused-ring (bicyclic) bond motifs is 1. The summed E-state index contributed by atoms with van der Waals surface area (Å²) in [4.78, 5) is 24.0. The highest BCUT2D eigenvalue weighted by atomic mass is 16.7. The second kappa shape index (κ2) is 10.1. The molecular weight excluding hydrogens is 416 g/mol. The van der Waals surface area contributed by atoms with Crippen LogP contribution in [0.3, 0.4) is 0 Å². The van der Waals surface area contributed by atoms with E-state index in [-0.39, 0.29) is 18.3 Å². The van der Waals surface area contributed by atoms with Gasteiger partial charge in [0, 0.05) is 39.3 Å². The molecule has 2 aromatic rings. The summed E-state index contributed by atoms with van der Waals surface area (Å²) in [5.74, 6) is 2.11. The van der Waals surface area contributed by atoms with E-state index < -0.39 is 4.92 Å². The van der Waals surface area contributed by atoms with Crippen LogP contribution in [-0.2, 0) is 11.3 Å². The van der Waals surface area contributed by atoms with Crippen molar-refractivity contribution in [2.24, 2.45) is 0 Å². The predicted molar refractivity (Wildman–Crippen MR) is 118 cm³/mol. The lowest BCUT2D eigenvalue weighted by molar-refractivity contribution is -0.383. The molecule has 32 heavy (non-hydrogen) atoms. The highest BCUT2D eigenvalue weighted by Crippen LogP contribution is 2.34. The number of aromatic nitrogens is 2. The molecule has 1 aromatic heterocycles. The highest BCUT2D eigenvalue weighted by Gasteiger charge is 2.29. The van der Waals surface area contributed by atoms with Crippen molar-refractivity contribution >= 4 is 17.3 Å². The fraction of sp³-hybridized carbons (Fsp3) is 0.429. The van der Waals surface area contributed by atoms with Gasteiger partial charge in [0.15, 0.2) is 11.5 Å². The van der Waals surface area contributed by atoms with Crippen molar-refractivity contribution in [3.63, 3.8) is 0 Å². The maximum atomic E-state index is 11.8. The molecule has 0 atom stereocenters. The van der Waals surface area contributed by atoms with Crippen molar-refractivity contribution in [2.45, 2.75) is 13.0 Å². The van der Waals surface area contributed by atoms with Crippen LogP contribution in [0.4, 0.5) is 17.3 Å². The molecule has 0 spiro atoms. The van der Waals surface area contributed by atoms with Gasteiger partial charge in [-0.05, 0) is 24.1 Å². The first kappa shape index (κ1) is 21.6. The Labute approximate surface area is 185 Å². The molecule has 1 N–H and O–H groups in total. The molecule has 2 aliphatic rings. The number of nitrogens with one attached hydrogen (secondary N) is 1. The topological polar surface area (TPSA) is 115 Å². The number of hydrogen-bond donors (Lipinski definition) is 1. The van der Waals surface area contributed by atoms with E-state index in [2.05, 4.69) is 26.8 Å². The van der Waals surface area contributed by atoms with Crippen molar-refractivity contribution in [2.75, 3.05) is 56.3 Å². The Balaban J connectivity index is 1.37. The van der Waals surface area contributed by atoms with Crippen LogP contribution in [0.1, 0.15) is 12.0 Å². The molecular formula is C21H26N6O5. The average Bonchev–Trinajstić information content (AvgIpc) is 3.27. The van der Waals surface area contributed by atoms with Gasteiger partial charge in [0.1, 0.15) is 6.33 Å². The zero-order chi connectivity index (χ0) is 22.3. The zero-order valence-electron chi connectivity index (χ0n) is 17.7. The molecule has 11 nitrogen and oxygen atoms in total. The van der Waals surface area contributed by atoms with Gasteiger partial charge < -0.3 is 24.4 Å². The van der Waals surface area contributed by atoms with Crippen LogP contribution < -0.4 is 19.7 Å². The Morgan fingerprint density at radius 2 is 2.03 bits per heavy atom. The molecule has 1 saturated heterocycles. The van der Waals surface area contributed by atoms with Crippen LogP contribution in [0.15, 0.2) is 37.4 Å². The van der Waals surface area contributed by atoms with E-state index in [1.165, 1.54) is 12.6 Å². The first-order chi connectivity index (χ1) is 15.7. The van der Waals surface area contributed by atoms with Gasteiger partial charge in [0.25, 0.3) is 0 Å². The van der Waals surface area contributed by atoms with Crippen LogP contribution in [-0.4, -0.2) is 65.9 Å². The molecule has 0 bridgehead atoms. The molecule has 0 saturated carbocycles. The molecule has 0 amide bonds. The van der Waals surface area contributed by atoms with Gasteiger partial charge in [0.2, 0.25) is 18.4 Å². The van der Waals surface area contributed by atoms with Gasteiger partial charge in [-0.1, -0.05) is 12.6 Å². The van der Waals surface area contributed by atoms with Crippen molar-refractivity contribution in [3.05, 3.63) is 53.0 Å². The fourth-order valence-electron chi connectivity index (χ4n) is 3.76. The summed E-state index contributed by atoms with van der Waals surface area (Å²) in [5, 5.41) is 14.8. The number of nitro groups is 1. The minimum Gasteiger partial charge on any atom is -0.502 e. The molecule has 0 aliphatic carbocycles. The van der Waals surface area contributed by atoms with Gasteiger partial charge >= 0.3 is 5.69 Å². The maximum absolute atomic E-state index is 11.8. The molecule has 0 unspecified atom stereocenters. The Kier molecular flexibility index (Phi) is 6.85. The van der Waals surface area contributed by atoms with Crippen LogP contribution in [0.2, 0.25) is 0 Å². The van der Waals surface area contributed by atoms with Crippen LogP contribution in [0, 0.1) is 10.1 Å². The van der Waals surface area contributed by atoms with E-state index in [1.807, 2.05) is 23.1 Å². The molecule has 3 heterocycles. The second-order valence-electron chi connectivity index (χ2n) is 7.42. The van der Waals surface area contributed by atoms with Gasteiger partial charge in [-0.25, -0.2) is 9.97 Å². The molecule has 0 radical (unpaired) electrons. The second-order valence-corrected chi connectivity index (χ2v) is 7.42. The third kappa shape index (κ3) is 4.99.